The Kier molecular flexibility index (Phi) is 5.95. The quantitative estimate of drug-likeness (QED) is 0.570. The SMILES string of the molecule is OCC(CO)NCC(O)COc1cccc2ccccc12. The lowest BCUT2D eigenvalue weighted by molar-refractivity contribution is 0.0936. The fourth-order valence-corrected chi connectivity index (χ4v) is 2.06. The van der Waals surface area contributed by atoms with Gasteiger partial charge in [-0.15, -0.1) is 0 Å². The van der Waals surface area contributed by atoms with E-state index >= 15 is 0 Å². The second-order valence-electron chi connectivity index (χ2n) is 4.91. The molecule has 0 saturated heterocycles. The summed E-state index contributed by atoms with van der Waals surface area (Å²) in [6.45, 7) is 0.0436. The average molecular weight is 291 g/mol. The van der Waals surface area contributed by atoms with Gasteiger partial charge in [-0.25, -0.2) is 0 Å². The van der Waals surface area contributed by atoms with Crippen LogP contribution < -0.4 is 10.1 Å². The Morgan fingerprint density at radius 3 is 2.48 bits per heavy atom. The zero-order valence-electron chi connectivity index (χ0n) is 11.8. The van der Waals surface area contributed by atoms with Gasteiger partial charge in [0.15, 0.2) is 0 Å². The minimum atomic E-state index is -0.718. The lowest BCUT2D eigenvalue weighted by Gasteiger charge is -2.18. The topological polar surface area (TPSA) is 82.0 Å². The molecule has 5 heteroatoms. The molecule has 2 aromatic rings. The van der Waals surface area contributed by atoms with E-state index in [9.17, 15) is 5.11 Å². The summed E-state index contributed by atoms with van der Waals surface area (Å²) in [5.41, 5.74) is 0. The maximum Gasteiger partial charge on any atom is 0.127 e. The van der Waals surface area contributed by atoms with E-state index in [0.29, 0.717) is 0 Å². The molecule has 0 heterocycles. The summed E-state index contributed by atoms with van der Waals surface area (Å²) < 4.78 is 5.67. The van der Waals surface area contributed by atoms with Crippen molar-refractivity contribution in [2.24, 2.45) is 0 Å². The number of hydrogen-bond acceptors (Lipinski definition) is 5. The lowest BCUT2D eigenvalue weighted by Crippen LogP contribution is -2.41. The van der Waals surface area contributed by atoms with Crippen molar-refractivity contribution in [2.45, 2.75) is 12.1 Å². The van der Waals surface area contributed by atoms with Gasteiger partial charge >= 0.3 is 0 Å². The number of fused-ring (bicyclic) bond motifs is 1. The van der Waals surface area contributed by atoms with Crippen molar-refractivity contribution in [3.63, 3.8) is 0 Å². The third-order valence-electron chi connectivity index (χ3n) is 3.26. The highest BCUT2D eigenvalue weighted by molar-refractivity contribution is 5.88. The maximum atomic E-state index is 9.87. The Morgan fingerprint density at radius 2 is 1.71 bits per heavy atom. The van der Waals surface area contributed by atoms with Crippen LogP contribution in [0, 0.1) is 0 Å². The van der Waals surface area contributed by atoms with E-state index in [1.54, 1.807) is 0 Å². The number of rotatable bonds is 8. The third kappa shape index (κ3) is 4.41. The van der Waals surface area contributed by atoms with E-state index in [0.717, 1.165) is 16.5 Å². The Morgan fingerprint density at radius 1 is 1.00 bits per heavy atom. The molecule has 0 amide bonds. The molecular formula is C16H21NO4. The van der Waals surface area contributed by atoms with Crippen LogP contribution in [-0.4, -0.2) is 53.8 Å². The van der Waals surface area contributed by atoms with Gasteiger partial charge in [0, 0.05) is 11.9 Å². The molecule has 0 radical (unpaired) electrons. The molecular weight excluding hydrogens is 270 g/mol. The zero-order chi connectivity index (χ0) is 15.1. The predicted molar refractivity (Wildman–Crippen MR) is 81.4 cm³/mol. The standard InChI is InChI=1S/C16H21NO4/c18-9-13(10-19)17-8-14(20)11-21-16-7-3-5-12-4-1-2-6-15(12)16/h1-7,13-14,17-20H,8-11H2. The van der Waals surface area contributed by atoms with Gasteiger partial charge in [-0.05, 0) is 11.5 Å². The van der Waals surface area contributed by atoms with Gasteiger partial charge in [0.2, 0.25) is 0 Å². The highest BCUT2D eigenvalue weighted by atomic mass is 16.5. The molecule has 0 spiro atoms. The number of ether oxygens (including phenoxy) is 1. The van der Waals surface area contributed by atoms with Gasteiger partial charge in [-0.2, -0.15) is 0 Å². The molecule has 5 nitrogen and oxygen atoms in total. The second-order valence-corrected chi connectivity index (χ2v) is 4.91. The van der Waals surface area contributed by atoms with Crippen molar-refractivity contribution >= 4 is 10.8 Å². The van der Waals surface area contributed by atoms with Crippen LogP contribution in [-0.2, 0) is 0 Å². The monoisotopic (exact) mass is 291 g/mol. The zero-order valence-corrected chi connectivity index (χ0v) is 11.8. The molecule has 114 valence electrons. The first kappa shape index (κ1) is 15.7. The highest BCUT2D eigenvalue weighted by Crippen LogP contribution is 2.25. The number of benzene rings is 2. The van der Waals surface area contributed by atoms with Crippen molar-refractivity contribution in [1.82, 2.24) is 5.32 Å². The highest BCUT2D eigenvalue weighted by Gasteiger charge is 2.10. The Hall–Kier alpha value is -1.66. The van der Waals surface area contributed by atoms with Gasteiger partial charge in [-0.3, -0.25) is 0 Å². The third-order valence-corrected chi connectivity index (χ3v) is 3.26. The molecule has 21 heavy (non-hydrogen) atoms. The summed E-state index contributed by atoms with van der Waals surface area (Å²) in [7, 11) is 0. The van der Waals surface area contributed by atoms with E-state index in [1.807, 2.05) is 42.5 Å². The Balaban J connectivity index is 1.89. The predicted octanol–water partition coefficient (Wildman–Crippen LogP) is 0.522. The van der Waals surface area contributed by atoms with Crippen LogP contribution in [0.15, 0.2) is 42.5 Å². The summed E-state index contributed by atoms with van der Waals surface area (Å²) in [5, 5.41) is 32.7. The summed E-state index contributed by atoms with van der Waals surface area (Å²) in [5.74, 6) is 0.730. The minimum absolute atomic E-state index is 0.143. The molecule has 0 saturated carbocycles. The van der Waals surface area contributed by atoms with E-state index in [4.69, 9.17) is 14.9 Å². The minimum Gasteiger partial charge on any atom is -0.490 e. The Labute approximate surface area is 123 Å². The van der Waals surface area contributed by atoms with Crippen LogP contribution in [0.3, 0.4) is 0 Å². The molecule has 0 aliphatic heterocycles. The van der Waals surface area contributed by atoms with Crippen molar-refractivity contribution < 1.29 is 20.1 Å². The molecule has 0 fully saturated rings. The van der Waals surface area contributed by atoms with Gasteiger partial charge in [-0.1, -0.05) is 36.4 Å². The Bertz CT molecular complexity index is 551. The van der Waals surface area contributed by atoms with E-state index in [-0.39, 0.29) is 26.4 Å². The molecule has 0 aliphatic carbocycles. The van der Waals surface area contributed by atoms with Crippen molar-refractivity contribution in [2.75, 3.05) is 26.4 Å². The summed E-state index contributed by atoms with van der Waals surface area (Å²) in [6, 6.07) is 13.3. The number of aliphatic hydroxyl groups excluding tert-OH is 3. The summed E-state index contributed by atoms with van der Waals surface area (Å²) in [6.07, 6.45) is -0.718. The van der Waals surface area contributed by atoms with Gasteiger partial charge in [0.25, 0.3) is 0 Å². The van der Waals surface area contributed by atoms with Crippen LogP contribution >= 0.6 is 0 Å². The number of hydrogen-bond donors (Lipinski definition) is 4. The van der Waals surface area contributed by atoms with Crippen LogP contribution in [0.25, 0.3) is 10.8 Å². The average Bonchev–Trinajstić information content (AvgIpc) is 2.53. The number of aliphatic hydroxyl groups is 3. The maximum absolute atomic E-state index is 9.87. The molecule has 0 aliphatic rings. The first-order chi connectivity index (χ1) is 10.2. The van der Waals surface area contributed by atoms with Crippen LogP contribution in [0.2, 0.25) is 0 Å². The van der Waals surface area contributed by atoms with E-state index < -0.39 is 12.1 Å². The molecule has 1 atom stereocenters. The van der Waals surface area contributed by atoms with Gasteiger partial charge in [0.05, 0.1) is 19.3 Å². The molecule has 0 bridgehead atoms. The molecule has 1 unspecified atom stereocenters. The van der Waals surface area contributed by atoms with Crippen LogP contribution in [0.4, 0.5) is 0 Å². The lowest BCUT2D eigenvalue weighted by atomic mass is 10.1. The molecule has 4 N–H and O–H groups in total. The number of nitrogens with one attached hydrogen (secondary N) is 1. The van der Waals surface area contributed by atoms with Gasteiger partial charge < -0.3 is 25.4 Å². The molecule has 2 aromatic carbocycles. The normalized spacial score (nSPS) is 12.8. The fourth-order valence-electron chi connectivity index (χ4n) is 2.06. The van der Waals surface area contributed by atoms with Crippen molar-refractivity contribution in [3.8, 4) is 5.75 Å². The van der Waals surface area contributed by atoms with E-state index in [2.05, 4.69) is 5.32 Å². The smallest absolute Gasteiger partial charge is 0.127 e. The van der Waals surface area contributed by atoms with Crippen molar-refractivity contribution in [3.05, 3.63) is 42.5 Å². The molecule has 2 rings (SSSR count). The largest absolute Gasteiger partial charge is 0.490 e. The van der Waals surface area contributed by atoms with Crippen molar-refractivity contribution in [1.29, 1.82) is 0 Å². The fraction of sp³-hybridized carbons (Fsp3) is 0.375. The summed E-state index contributed by atoms with van der Waals surface area (Å²) in [4.78, 5) is 0. The van der Waals surface area contributed by atoms with E-state index in [1.165, 1.54) is 0 Å². The van der Waals surface area contributed by atoms with Crippen LogP contribution in [0.1, 0.15) is 0 Å². The second kappa shape index (κ2) is 7.95. The first-order valence-electron chi connectivity index (χ1n) is 6.98. The first-order valence-corrected chi connectivity index (χ1v) is 6.98. The summed E-state index contributed by atoms with van der Waals surface area (Å²) >= 11 is 0. The van der Waals surface area contributed by atoms with Gasteiger partial charge in [0.1, 0.15) is 18.5 Å². The molecule has 0 aromatic heterocycles. The van der Waals surface area contributed by atoms with Crippen LogP contribution in [0.5, 0.6) is 5.75 Å².